The molecule has 0 bridgehead atoms. The van der Waals surface area contributed by atoms with Gasteiger partial charge in [-0.15, -0.1) is 0 Å². The smallest absolute Gasteiger partial charge is 0.256 e. The van der Waals surface area contributed by atoms with Crippen molar-refractivity contribution in [3.63, 3.8) is 0 Å². The predicted molar refractivity (Wildman–Crippen MR) is 101 cm³/mol. The second-order valence-electron chi connectivity index (χ2n) is 6.94. The van der Waals surface area contributed by atoms with Crippen molar-refractivity contribution in [1.29, 1.82) is 0 Å². The Bertz CT molecular complexity index is 891. The molecule has 0 saturated carbocycles. The van der Waals surface area contributed by atoms with Crippen LogP contribution in [-0.4, -0.2) is 38.8 Å². The van der Waals surface area contributed by atoms with Gasteiger partial charge in [0, 0.05) is 43.3 Å². The maximum atomic E-state index is 12.6. The van der Waals surface area contributed by atoms with E-state index in [0.29, 0.717) is 11.5 Å². The molecule has 0 unspecified atom stereocenters. The van der Waals surface area contributed by atoms with Crippen molar-refractivity contribution in [2.45, 2.75) is 25.7 Å². The molecule has 1 aliphatic rings. The van der Waals surface area contributed by atoms with Crippen LogP contribution in [0.5, 0.6) is 0 Å². The molecule has 0 spiro atoms. The molecule has 4 rings (SSSR count). The van der Waals surface area contributed by atoms with Gasteiger partial charge in [-0.05, 0) is 42.6 Å². The van der Waals surface area contributed by atoms with Crippen molar-refractivity contribution in [1.82, 2.24) is 19.9 Å². The van der Waals surface area contributed by atoms with E-state index >= 15 is 0 Å². The molecule has 0 aliphatic carbocycles. The first-order valence-electron chi connectivity index (χ1n) is 9.17. The Labute approximate surface area is 153 Å². The van der Waals surface area contributed by atoms with Gasteiger partial charge in [0.15, 0.2) is 0 Å². The number of hydrogen-bond acceptors (Lipinski definition) is 4. The summed E-state index contributed by atoms with van der Waals surface area (Å²) in [6.07, 6.45) is 12.8. The highest BCUT2D eigenvalue weighted by Gasteiger charge is 2.22. The van der Waals surface area contributed by atoms with E-state index in [-0.39, 0.29) is 5.91 Å². The first kappa shape index (κ1) is 16.6. The van der Waals surface area contributed by atoms with Crippen LogP contribution in [0.15, 0.2) is 55.4 Å². The third-order valence-corrected chi connectivity index (χ3v) is 5.20. The average molecular weight is 346 g/mol. The Kier molecular flexibility index (Phi) is 4.86. The number of carbonyl (C=O) groups is 1. The Morgan fingerprint density at radius 3 is 2.73 bits per heavy atom. The van der Waals surface area contributed by atoms with E-state index in [9.17, 15) is 4.79 Å². The maximum absolute atomic E-state index is 12.6. The highest BCUT2D eigenvalue weighted by Crippen LogP contribution is 2.26. The summed E-state index contributed by atoms with van der Waals surface area (Å²) >= 11 is 0. The van der Waals surface area contributed by atoms with Gasteiger partial charge in [-0.3, -0.25) is 9.78 Å². The molecule has 3 heterocycles. The zero-order chi connectivity index (χ0) is 17.8. The van der Waals surface area contributed by atoms with Crippen LogP contribution >= 0.6 is 0 Å². The van der Waals surface area contributed by atoms with Crippen molar-refractivity contribution in [2.75, 3.05) is 13.1 Å². The summed E-state index contributed by atoms with van der Waals surface area (Å²) in [5.74, 6) is 0.616. The van der Waals surface area contributed by atoms with Crippen molar-refractivity contribution < 1.29 is 4.79 Å². The summed E-state index contributed by atoms with van der Waals surface area (Å²) in [5, 5.41) is 2.49. The predicted octanol–water partition coefficient (Wildman–Crippen LogP) is 3.51. The Hall–Kier alpha value is -2.82. The summed E-state index contributed by atoms with van der Waals surface area (Å²) in [4.78, 5) is 26.9. The summed E-state index contributed by atoms with van der Waals surface area (Å²) < 4.78 is 0. The van der Waals surface area contributed by atoms with E-state index in [1.54, 1.807) is 12.4 Å². The molecule has 3 aromatic rings. The zero-order valence-electron chi connectivity index (χ0n) is 14.7. The Balaban J connectivity index is 1.45. The number of carbonyl (C=O) groups excluding carboxylic acids is 1. The fraction of sp³-hybridized carbons (Fsp3) is 0.333. The minimum Gasteiger partial charge on any atom is -0.339 e. The van der Waals surface area contributed by atoms with E-state index in [2.05, 4.69) is 39.2 Å². The van der Waals surface area contributed by atoms with Crippen LogP contribution in [0.3, 0.4) is 0 Å². The Morgan fingerprint density at radius 2 is 1.85 bits per heavy atom. The molecular formula is C21H22N4O. The van der Waals surface area contributed by atoms with Crippen LogP contribution in [0, 0.1) is 5.92 Å². The van der Waals surface area contributed by atoms with Crippen LogP contribution in [0.1, 0.15) is 35.2 Å². The van der Waals surface area contributed by atoms with Crippen LogP contribution < -0.4 is 0 Å². The van der Waals surface area contributed by atoms with Crippen molar-refractivity contribution in [3.05, 3.63) is 66.5 Å². The number of amides is 1. The van der Waals surface area contributed by atoms with Crippen LogP contribution in [0.2, 0.25) is 0 Å². The van der Waals surface area contributed by atoms with Gasteiger partial charge in [0.05, 0.1) is 5.56 Å². The van der Waals surface area contributed by atoms with E-state index in [1.165, 1.54) is 22.7 Å². The van der Waals surface area contributed by atoms with Gasteiger partial charge in [-0.2, -0.15) is 0 Å². The first-order valence-corrected chi connectivity index (χ1v) is 9.17. The molecule has 5 nitrogen and oxygen atoms in total. The van der Waals surface area contributed by atoms with E-state index in [1.807, 2.05) is 17.3 Å². The quantitative estimate of drug-likeness (QED) is 0.728. The lowest BCUT2D eigenvalue weighted by molar-refractivity contribution is 0.0759. The van der Waals surface area contributed by atoms with Gasteiger partial charge in [0.25, 0.3) is 5.91 Å². The number of hydrogen-bond donors (Lipinski definition) is 0. The highest BCUT2D eigenvalue weighted by atomic mass is 16.2. The molecule has 1 atom stereocenters. The number of benzene rings is 1. The molecule has 1 saturated heterocycles. The monoisotopic (exact) mass is 346 g/mol. The zero-order valence-corrected chi connectivity index (χ0v) is 14.7. The summed E-state index contributed by atoms with van der Waals surface area (Å²) in [5.41, 5.74) is 1.88. The van der Waals surface area contributed by atoms with Crippen LogP contribution in [0.25, 0.3) is 10.8 Å². The van der Waals surface area contributed by atoms with Gasteiger partial charge in [-0.25, -0.2) is 9.97 Å². The molecule has 1 aliphatic heterocycles. The molecule has 132 valence electrons. The highest BCUT2D eigenvalue weighted by molar-refractivity contribution is 5.93. The molecular weight excluding hydrogens is 324 g/mol. The SMILES string of the molecule is O=C(c1cncnc1)N1CCC[C@H](Cc2cncc3ccccc23)CC1. The minimum atomic E-state index is 0.0399. The number of pyridine rings is 1. The van der Waals surface area contributed by atoms with Crippen LogP contribution in [0.4, 0.5) is 0 Å². The standard InChI is InChI=1S/C21H22N4O/c26-21(19-13-23-15-24-14-19)25-8-3-4-16(7-9-25)10-18-12-22-11-17-5-1-2-6-20(17)18/h1-2,5-6,11-16H,3-4,7-10H2/t16-/m0/s1. The van der Waals surface area contributed by atoms with Gasteiger partial charge >= 0.3 is 0 Å². The minimum absolute atomic E-state index is 0.0399. The molecule has 5 heteroatoms. The van der Waals surface area contributed by atoms with Gasteiger partial charge in [0.2, 0.25) is 0 Å². The molecule has 0 radical (unpaired) electrons. The number of rotatable bonds is 3. The summed E-state index contributed by atoms with van der Waals surface area (Å²) in [6.45, 7) is 1.59. The molecule has 1 aromatic carbocycles. The number of nitrogens with zero attached hydrogens (tertiary/aromatic N) is 4. The number of aromatic nitrogens is 3. The summed E-state index contributed by atoms with van der Waals surface area (Å²) in [7, 11) is 0. The first-order chi connectivity index (χ1) is 12.8. The second-order valence-corrected chi connectivity index (χ2v) is 6.94. The third kappa shape index (κ3) is 3.57. The topological polar surface area (TPSA) is 59.0 Å². The van der Waals surface area contributed by atoms with E-state index < -0.39 is 0 Å². The van der Waals surface area contributed by atoms with Gasteiger partial charge in [-0.1, -0.05) is 24.3 Å². The summed E-state index contributed by atoms with van der Waals surface area (Å²) in [6, 6.07) is 8.42. The lowest BCUT2D eigenvalue weighted by Gasteiger charge is -2.20. The Morgan fingerprint density at radius 1 is 1.00 bits per heavy atom. The van der Waals surface area contributed by atoms with Crippen LogP contribution in [-0.2, 0) is 6.42 Å². The molecule has 1 fully saturated rings. The average Bonchev–Trinajstić information content (AvgIpc) is 2.94. The van der Waals surface area contributed by atoms with E-state index in [0.717, 1.165) is 38.8 Å². The normalized spacial score (nSPS) is 17.8. The van der Waals surface area contributed by atoms with Gasteiger partial charge < -0.3 is 4.90 Å². The molecule has 26 heavy (non-hydrogen) atoms. The largest absolute Gasteiger partial charge is 0.339 e. The maximum Gasteiger partial charge on any atom is 0.256 e. The van der Waals surface area contributed by atoms with Gasteiger partial charge in [0.1, 0.15) is 6.33 Å². The van der Waals surface area contributed by atoms with Crippen molar-refractivity contribution >= 4 is 16.7 Å². The molecule has 1 amide bonds. The molecule has 0 N–H and O–H groups in total. The number of fused-ring (bicyclic) bond motifs is 1. The van der Waals surface area contributed by atoms with Crippen molar-refractivity contribution in [3.8, 4) is 0 Å². The van der Waals surface area contributed by atoms with E-state index in [4.69, 9.17) is 0 Å². The van der Waals surface area contributed by atoms with Crippen molar-refractivity contribution in [2.24, 2.45) is 5.92 Å². The molecule has 2 aromatic heterocycles. The lowest BCUT2D eigenvalue weighted by atomic mass is 9.91. The second kappa shape index (κ2) is 7.60. The fourth-order valence-corrected chi connectivity index (χ4v) is 3.82. The lowest BCUT2D eigenvalue weighted by Crippen LogP contribution is -2.32. The number of likely N-dealkylation sites (tertiary alicyclic amines) is 1. The third-order valence-electron chi connectivity index (χ3n) is 5.20. The fourth-order valence-electron chi connectivity index (χ4n) is 3.82.